The Bertz CT molecular complexity index is 577. The first-order valence-corrected chi connectivity index (χ1v) is 10.9. The van der Waals surface area contributed by atoms with E-state index in [4.69, 9.17) is 4.74 Å². The molecule has 0 bridgehead atoms. The summed E-state index contributed by atoms with van der Waals surface area (Å²) in [4.78, 5) is 25.6. The van der Waals surface area contributed by atoms with E-state index in [0.29, 0.717) is 19.3 Å². The van der Waals surface area contributed by atoms with Crippen LogP contribution < -0.4 is 0 Å². The van der Waals surface area contributed by atoms with E-state index in [2.05, 4.69) is 25.5 Å². The normalized spacial score (nSPS) is 15.5. The van der Waals surface area contributed by atoms with Crippen LogP contribution >= 0.6 is 0 Å². The number of carbonyl (C=O) groups is 2. The molecule has 0 aliphatic rings. The van der Waals surface area contributed by atoms with Gasteiger partial charge in [-0.25, -0.2) is 0 Å². The number of carbonyl (C=O) groups excluding carboxylic acids is 2. The van der Waals surface area contributed by atoms with Gasteiger partial charge in [0.2, 0.25) is 0 Å². The van der Waals surface area contributed by atoms with Crippen molar-refractivity contribution in [1.82, 2.24) is 0 Å². The average Bonchev–Trinajstić information content (AvgIpc) is 2.64. The summed E-state index contributed by atoms with van der Waals surface area (Å²) < 4.78 is 47.5. The Morgan fingerprint density at radius 3 is 1.67 bits per heavy atom. The summed E-state index contributed by atoms with van der Waals surface area (Å²) in [5.41, 5.74) is -2.50. The van der Waals surface area contributed by atoms with Crippen molar-refractivity contribution in [3.8, 4) is 0 Å². The molecule has 0 aliphatic heterocycles. The lowest BCUT2D eigenvalue weighted by atomic mass is 9.58. The summed E-state index contributed by atoms with van der Waals surface area (Å²) in [5, 5.41) is 0. The van der Waals surface area contributed by atoms with Gasteiger partial charge in [-0.15, -0.1) is 0 Å². The number of halogens is 3. The van der Waals surface area contributed by atoms with E-state index < -0.39 is 42.2 Å². The summed E-state index contributed by atoms with van der Waals surface area (Å²) in [7, 11) is 0. The highest BCUT2D eigenvalue weighted by Gasteiger charge is 2.51. The first-order valence-electron chi connectivity index (χ1n) is 10.9. The predicted octanol–water partition coefficient (Wildman–Crippen LogP) is 6.85. The second-order valence-corrected chi connectivity index (χ2v) is 10.00. The minimum Gasteiger partial charge on any atom is -0.458 e. The third-order valence-corrected chi connectivity index (χ3v) is 7.08. The van der Waals surface area contributed by atoms with Crippen molar-refractivity contribution in [2.75, 3.05) is 6.61 Å². The topological polar surface area (TPSA) is 52.6 Å². The Hall–Kier alpha value is -1.27. The van der Waals surface area contributed by atoms with Gasteiger partial charge in [-0.3, -0.25) is 9.59 Å². The number of esters is 2. The minimum atomic E-state index is -4.59. The van der Waals surface area contributed by atoms with E-state index in [9.17, 15) is 22.8 Å². The Kier molecular flexibility index (Phi) is 9.92. The van der Waals surface area contributed by atoms with Crippen LogP contribution in [0.1, 0.15) is 101 Å². The molecule has 0 fully saturated rings. The van der Waals surface area contributed by atoms with Gasteiger partial charge in [0.1, 0.15) is 5.60 Å². The molecule has 0 saturated carbocycles. The summed E-state index contributed by atoms with van der Waals surface area (Å²) in [6.45, 7) is 16.1. The van der Waals surface area contributed by atoms with Crippen LogP contribution in [-0.4, -0.2) is 30.3 Å². The number of hydrogen-bond acceptors (Lipinski definition) is 4. The quantitative estimate of drug-likeness (QED) is 0.313. The number of alkyl halides is 3. The van der Waals surface area contributed by atoms with Crippen LogP contribution in [0.5, 0.6) is 0 Å². The van der Waals surface area contributed by atoms with Gasteiger partial charge in [0.15, 0.2) is 6.61 Å². The molecule has 0 saturated heterocycles. The van der Waals surface area contributed by atoms with Crippen molar-refractivity contribution < 1.29 is 32.2 Å². The first kappa shape index (κ1) is 28.7. The fourth-order valence-electron chi connectivity index (χ4n) is 3.53. The van der Waals surface area contributed by atoms with E-state index in [1.807, 2.05) is 27.7 Å². The lowest BCUT2D eigenvalue weighted by Gasteiger charge is -2.47. The molecular weight excluding hydrogens is 397 g/mol. The molecule has 0 aromatic heterocycles. The lowest BCUT2D eigenvalue weighted by Crippen LogP contribution is -2.49. The summed E-state index contributed by atoms with van der Waals surface area (Å²) >= 11 is 0. The van der Waals surface area contributed by atoms with E-state index in [0.717, 1.165) is 12.8 Å². The molecule has 0 heterocycles. The molecule has 1 atom stereocenters. The van der Waals surface area contributed by atoms with Gasteiger partial charge in [-0.05, 0) is 43.4 Å². The summed E-state index contributed by atoms with van der Waals surface area (Å²) in [6.07, 6.45) is -2.17. The van der Waals surface area contributed by atoms with Crippen LogP contribution in [0.25, 0.3) is 0 Å². The average molecular weight is 439 g/mol. The fraction of sp³-hybridized carbons (Fsp3) is 0.913. The van der Waals surface area contributed by atoms with Gasteiger partial charge < -0.3 is 9.47 Å². The molecular formula is C23H41F3O4. The molecule has 178 valence electrons. The minimum absolute atomic E-state index is 0.104. The Morgan fingerprint density at radius 1 is 0.800 bits per heavy atom. The zero-order chi connectivity index (χ0) is 24.0. The molecule has 0 aromatic carbocycles. The molecule has 4 nitrogen and oxygen atoms in total. The molecule has 0 aliphatic carbocycles. The molecule has 30 heavy (non-hydrogen) atoms. The molecule has 0 spiro atoms. The number of ether oxygens (including phenoxy) is 2. The highest BCUT2D eigenvalue weighted by atomic mass is 19.4. The van der Waals surface area contributed by atoms with Gasteiger partial charge in [-0.1, -0.05) is 61.8 Å². The Balaban J connectivity index is 5.79. The molecule has 0 N–H and O–H groups in total. The fourth-order valence-corrected chi connectivity index (χ4v) is 3.53. The maximum absolute atomic E-state index is 13.5. The van der Waals surface area contributed by atoms with Crippen LogP contribution in [-0.2, 0) is 19.1 Å². The van der Waals surface area contributed by atoms with Crippen LogP contribution in [0.3, 0.4) is 0 Å². The molecule has 7 heteroatoms. The standard InChI is InChI=1S/C23H41F3O4/c1-10-19(5,6)15-21(9,20(7,8)11-2)18(28)30-22(12-3,13-4)14-17(27)29-16-23(24,25)26/h10-16H2,1-9H3. The zero-order valence-corrected chi connectivity index (χ0v) is 20.2. The van der Waals surface area contributed by atoms with Gasteiger partial charge in [0.05, 0.1) is 11.8 Å². The van der Waals surface area contributed by atoms with Crippen LogP contribution in [0.15, 0.2) is 0 Å². The van der Waals surface area contributed by atoms with E-state index in [-0.39, 0.29) is 10.8 Å². The molecule has 0 rings (SSSR count). The van der Waals surface area contributed by atoms with Crippen LogP contribution in [0, 0.1) is 16.2 Å². The number of hydrogen-bond donors (Lipinski definition) is 0. The Labute approximate surface area is 180 Å². The van der Waals surface area contributed by atoms with Gasteiger partial charge in [0, 0.05) is 0 Å². The maximum atomic E-state index is 13.5. The van der Waals surface area contributed by atoms with E-state index in [1.165, 1.54) is 0 Å². The maximum Gasteiger partial charge on any atom is 0.422 e. The molecule has 0 aromatic rings. The van der Waals surface area contributed by atoms with Crippen LogP contribution in [0.4, 0.5) is 13.2 Å². The highest BCUT2D eigenvalue weighted by Crippen LogP contribution is 2.51. The number of rotatable bonds is 12. The van der Waals surface area contributed by atoms with Crippen LogP contribution in [0.2, 0.25) is 0 Å². The van der Waals surface area contributed by atoms with Crippen molar-refractivity contribution in [3.63, 3.8) is 0 Å². The van der Waals surface area contributed by atoms with Gasteiger partial charge in [0.25, 0.3) is 0 Å². The lowest BCUT2D eigenvalue weighted by molar-refractivity contribution is -0.196. The van der Waals surface area contributed by atoms with Crippen molar-refractivity contribution in [2.24, 2.45) is 16.2 Å². The van der Waals surface area contributed by atoms with Gasteiger partial charge in [-0.2, -0.15) is 13.2 Å². The first-order chi connectivity index (χ1) is 13.4. The third kappa shape index (κ3) is 7.77. The zero-order valence-electron chi connectivity index (χ0n) is 20.2. The van der Waals surface area contributed by atoms with Crippen molar-refractivity contribution in [2.45, 2.75) is 113 Å². The van der Waals surface area contributed by atoms with Crippen molar-refractivity contribution in [3.05, 3.63) is 0 Å². The largest absolute Gasteiger partial charge is 0.458 e. The summed E-state index contributed by atoms with van der Waals surface area (Å²) in [6, 6.07) is 0. The smallest absolute Gasteiger partial charge is 0.422 e. The molecule has 0 amide bonds. The second-order valence-electron chi connectivity index (χ2n) is 10.00. The van der Waals surface area contributed by atoms with E-state index in [1.54, 1.807) is 13.8 Å². The predicted molar refractivity (Wildman–Crippen MR) is 112 cm³/mol. The van der Waals surface area contributed by atoms with Crippen molar-refractivity contribution >= 4 is 11.9 Å². The Morgan fingerprint density at radius 2 is 1.30 bits per heavy atom. The SMILES string of the molecule is CCC(C)(C)CC(C)(C(=O)OC(CC)(CC)CC(=O)OCC(F)(F)F)C(C)(C)CC. The highest BCUT2D eigenvalue weighted by molar-refractivity contribution is 5.79. The monoisotopic (exact) mass is 438 g/mol. The second kappa shape index (κ2) is 10.4. The molecule has 0 radical (unpaired) electrons. The molecule has 1 unspecified atom stereocenters. The third-order valence-electron chi connectivity index (χ3n) is 7.08. The summed E-state index contributed by atoms with van der Waals surface area (Å²) in [5.74, 6) is -1.43. The van der Waals surface area contributed by atoms with Gasteiger partial charge >= 0.3 is 18.1 Å². The van der Waals surface area contributed by atoms with E-state index >= 15 is 0 Å². The van der Waals surface area contributed by atoms with Crippen molar-refractivity contribution in [1.29, 1.82) is 0 Å².